The number of benzene rings is 1. The standard InChI is InChI=1S/C12H13Br2N/c1-3-4-5-12(15-2)9-6-10(13)8-11(14)7-9/h1,6-8,12,15H,4-5H2,2H3. The number of halogens is 2. The lowest BCUT2D eigenvalue weighted by molar-refractivity contribution is 0.558. The largest absolute Gasteiger partial charge is 0.313 e. The Hall–Kier alpha value is -0.300. The van der Waals surface area contributed by atoms with E-state index in [4.69, 9.17) is 6.42 Å². The van der Waals surface area contributed by atoms with E-state index in [0.717, 1.165) is 21.8 Å². The van der Waals surface area contributed by atoms with Gasteiger partial charge in [0.1, 0.15) is 0 Å². The van der Waals surface area contributed by atoms with Crippen LogP contribution >= 0.6 is 31.9 Å². The summed E-state index contributed by atoms with van der Waals surface area (Å²) < 4.78 is 2.15. The summed E-state index contributed by atoms with van der Waals surface area (Å²) in [4.78, 5) is 0. The molecule has 0 aliphatic heterocycles. The molecule has 80 valence electrons. The molecule has 1 atom stereocenters. The molecule has 1 aromatic carbocycles. The summed E-state index contributed by atoms with van der Waals surface area (Å²) in [7, 11) is 1.95. The van der Waals surface area contributed by atoms with Crippen LogP contribution in [0.15, 0.2) is 27.1 Å². The maximum atomic E-state index is 5.27. The molecule has 1 rings (SSSR count). The number of rotatable bonds is 4. The van der Waals surface area contributed by atoms with Gasteiger partial charge in [-0.25, -0.2) is 0 Å². The monoisotopic (exact) mass is 329 g/mol. The zero-order chi connectivity index (χ0) is 11.3. The van der Waals surface area contributed by atoms with Crippen LogP contribution in [0.25, 0.3) is 0 Å². The summed E-state index contributed by atoms with van der Waals surface area (Å²) in [6, 6.07) is 6.57. The van der Waals surface area contributed by atoms with E-state index in [2.05, 4.69) is 55.2 Å². The predicted octanol–water partition coefficient (Wildman–Crippen LogP) is 3.89. The minimum Gasteiger partial charge on any atom is -0.313 e. The fourth-order valence-electron chi connectivity index (χ4n) is 1.48. The Kier molecular flexibility index (Phi) is 5.38. The number of nitrogens with one attached hydrogen (secondary N) is 1. The van der Waals surface area contributed by atoms with E-state index in [9.17, 15) is 0 Å². The van der Waals surface area contributed by atoms with Crippen molar-refractivity contribution < 1.29 is 0 Å². The SMILES string of the molecule is C#CCCC(NC)c1cc(Br)cc(Br)c1. The second kappa shape index (κ2) is 6.32. The van der Waals surface area contributed by atoms with Crippen molar-refractivity contribution in [3.63, 3.8) is 0 Å². The normalized spacial score (nSPS) is 12.1. The molecule has 1 N–H and O–H groups in total. The van der Waals surface area contributed by atoms with E-state index < -0.39 is 0 Å². The highest BCUT2D eigenvalue weighted by atomic mass is 79.9. The third kappa shape index (κ3) is 3.98. The van der Waals surface area contributed by atoms with Crippen LogP contribution in [0.3, 0.4) is 0 Å². The average Bonchev–Trinajstić information content (AvgIpc) is 2.17. The van der Waals surface area contributed by atoms with Crippen LogP contribution in [-0.4, -0.2) is 7.05 Å². The van der Waals surface area contributed by atoms with Crippen molar-refractivity contribution in [2.24, 2.45) is 0 Å². The predicted molar refractivity (Wildman–Crippen MR) is 71.7 cm³/mol. The molecule has 0 fully saturated rings. The lowest BCUT2D eigenvalue weighted by Crippen LogP contribution is -2.16. The second-order valence-electron chi connectivity index (χ2n) is 3.29. The Bertz CT molecular complexity index is 348. The van der Waals surface area contributed by atoms with Gasteiger partial charge in [0.15, 0.2) is 0 Å². The quantitative estimate of drug-likeness (QED) is 0.826. The Morgan fingerprint density at radius 2 is 1.93 bits per heavy atom. The molecule has 0 saturated heterocycles. The summed E-state index contributed by atoms with van der Waals surface area (Å²) in [6.45, 7) is 0. The van der Waals surface area contributed by atoms with Gasteiger partial charge in [-0.2, -0.15) is 0 Å². The Balaban J connectivity index is 2.87. The van der Waals surface area contributed by atoms with Gasteiger partial charge in [-0.15, -0.1) is 12.3 Å². The van der Waals surface area contributed by atoms with Crippen LogP contribution in [0, 0.1) is 12.3 Å². The maximum Gasteiger partial charge on any atom is 0.0327 e. The van der Waals surface area contributed by atoms with Gasteiger partial charge in [0.2, 0.25) is 0 Å². The van der Waals surface area contributed by atoms with E-state index in [1.807, 2.05) is 13.1 Å². The van der Waals surface area contributed by atoms with Gasteiger partial charge < -0.3 is 5.32 Å². The Morgan fingerprint density at radius 3 is 2.40 bits per heavy atom. The van der Waals surface area contributed by atoms with Crippen molar-refractivity contribution >= 4 is 31.9 Å². The fourth-order valence-corrected chi connectivity index (χ4v) is 2.81. The van der Waals surface area contributed by atoms with Crippen LogP contribution in [0.4, 0.5) is 0 Å². The zero-order valence-electron chi connectivity index (χ0n) is 8.56. The summed E-state index contributed by atoms with van der Waals surface area (Å²) in [6.07, 6.45) is 7.01. The minimum absolute atomic E-state index is 0.315. The van der Waals surface area contributed by atoms with Crippen molar-refractivity contribution in [1.82, 2.24) is 5.32 Å². The molecule has 0 bridgehead atoms. The fraction of sp³-hybridized carbons (Fsp3) is 0.333. The highest BCUT2D eigenvalue weighted by Crippen LogP contribution is 2.26. The van der Waals surface area contributed by atoms with Gasteiger partial charge in [-0.1, -0.05) is 31.9 Å². The lowest BCUT2D eigenvalue weighted by atomic mass is 10.0. The molecule has 0 saturated carbocycles. The van der Waals surface area contributed by atoms with E-state index in [1.165, 1.54) is 5.56 Å². The molecule has 15 heavy (non-hydrogen) atoms. The van der Waals surface area contributed by atoms with Gasteiger partial charge in [0.05, 0.1) is 0 Å². The van der Waals surface area contributed by atoms with E-state index in [-0.39, 0.29) is 0 Å². The van der Waals surface area contributed by atoms with Crippen molar-refractivity contribution in [2.45, 2.75) is 18.9 Å². The van der Waals surface area contributed by atoms with Crippen LogP contribution in [0.1, 0.15) is 24.4 Å². The van der Waals surface area contributed by atoms with Crippen LogP contribution in [0.5, 0.6) is 0 Å². The molecular weight excluding hydrogens is 318 g/mol. The van der Waals surface area contributed by atoms with E-state index in [0.29, 0.717) is 6.04 Å². The first-order valence-corrected chi connectivity index (χ1v) is 6.32. The third-order valence-electron chi connectivity index (χ3n) is 2.21. The molecule has 0 aromatic heterocycles. The van der Waals surface area contributed by atoms with Crippen LogP contribution < -0.4 is 5.32 Å². The summed E-state index contributed by atoms with van der Waals surface area (Å²) in [5, 5.41) is 3.27. The van der Waals surface area contributed by atoms with Gasteiger partial charge >= 0.3 is 0 Å². The number of terminal acetylenes is 1. The third-order valence-corrected chi connectivity index (χ3v) is 3.13. The first-order valence-electron chi connectivity index (χ1n) is 4.74. The second-order valence-corrected chi connectivity index (χ2v) is 5.12. The number of hydrogen-bond acceptors (Lipinski definition) is 1. The molecule has 0 amide bonds. The zero-order valence-corrected chi connectivity index (χ0v) is 11.7. The van der Waals surface area contributed by atoms with Gasteiger partial charge in [0.25, 0.3) is 0 Å². The topological polar surface area (TPSA) is 12.0 Å². The molecular formula is C12H13Br2N. The lowest BCUT2D eigenvalue weighted by Gasteiger charge is -2.16. The molecule has 0 radical (unpaired) electrons. The van der Waals surface area contributed by atoms with E-state index >= 15 is 0 Å². The maximum absolute atomic E-state index is 5.27. The van der Waals surface area contributed by atoms with Gasteiger partial charge in [-0.3, -0.25) is 0 Å². The van der Waals surface area contributed by atoms with Crippen molar-refractivity contribution in [3.05, 3.63) is 32.7 Å². The van der Waals surface area contributed by atoms with Crippen molar-refractivity contribution in [1.29, 1.82) is 0 Å². The highest BCUT2D eigenvalue weighted by Gasteiger charge is 2.09. The smallest absolute Gasteiger partial charge is 0.0327 e. The average molecular weight is 331 g/mol. The van der Waals surface area contributed by atoms with Gasteiger partial charge in [0, 0.05) is 21.4 Å². The molecule has 1 unspecified atom stereocenters. The molecule has 0 aliphatic carbocycles. The molecule has 1 nitrogen and oxygen atoms in total. The highest BCUT2D eigenvalue weighted by molar-refractivity contribution is 9.11. The van der Waals surface area contributed by atoms with Crippen LogP contribution in [-0.2, 0) is 0 Å². The minimum atomic E-state index is 0.315. The Labute approximate surface area is 108 Å². The van der Waals surface area contributed by atoms with E-state index in [1.54, 1.807) is 0 Å². The molecule has 3 heteroatoms. The molecule has 1 aromatic rings. The molecule has 0 heterocycles. The first-order chi connectivity index (χ1) is 7.17. The van der Waals surface area contributed by atoms with Crippen molar-refractivity contribution in [2.75, 3.05) is 7.05 Å². The summed E-state index contributed by atoms with van der Waals surface area (Å²) in [5.74, 6) is 2.67. The molecule has 0 spiro atoms. The van der Waals surface area contributed by atoms with Gasteiger partial charge in [-0.05, 0) is 37.2 Å². The van der Waals surface area contributed by atoms with Crippen LogP contribution in [0.2, 0.25) is 0 Å². The first kappa shape index (κ1) is 12.8. The summed E-state index contributed by atoms with van der Waals surface area (Å²) in [5.41, 5.74) is 1.24. The number of hydrogen-bond donors (Lipinski definition) is 1. The van der Waals surface area contributed by atoms with Crippen molar-refractivity contribution in [3.8, 4) is 12.3 Å². The Morgan fingerprint density at radius 1 is 1.33 bits per heavy atom. The summed E-state index contributed by atoms with van der Waals surface area (Å²) >= 11 is 6.96. The molecule has 0 aliphatic rings.